The first-order valence-electron chi connectivity index (χ1n) is 6.58. The third-order valence-electron chi connectivity index (χ3n) is 3.44. The van der Waals surface area contributed by atoms with Crippen molar-refractivity contribution in [3.63, 3.8) is 0 Å². The second kappa shape index (κ2) is 5.75. The predicted molar refractivity (Wildman–Crippen MR) is 69.8 cm³/mol. The molecule has 0 saturated carbocycles. The van der Waals surface area contributed by atoms with E-state index in [9.17, 15) is 9.90 Å². The number of hydrogen-bond donors (Lipinski definition) is 1. The average molecular weight is 276 g/mol. The van der Waals surface area contributed by atoms with Crippen LogP contribution in [0.5, 0.6) is 0 Å². The maximum absolute atomic E-state index is 11.2. The number of esters is 1. The van der Waals surface area contributed by atoms with Gasteiger partial charge < -0.3 is 19.3 Å². The number of ether oxygens (including phenoxy) is 3. The van der Waals surface area contributed by atoms with Crippen molar-refractivity contribution in [3.8, 4) is 0 Å². The average Bonchev–Trinajstić information content (AvgIpc) is 2.77. The molecule has 0 aromatic heterocycles. The zero-order chi connectivity index (χ0) is 13.9. The number of rotatable bonds is 4. The Labute approximate surface area is 116 Å². The Bertz CT molecular complexity index is 498. The van der Waals surface area contributed by atoms with Crippen LogP contribution < -0.4 is 0 Å². The Balaban J connectivity index is 1.52. The van der Waals surface area contributed by atoms with Crippen LogP contribution in [-0.4, -0.2) is 42.1 Å². The molecule has 0 bridgehead atoms. The Kier molecular flexibility index (Phi) is 3.82. The Morgan fingerprint density at radius 3 is 2.85 bits per heavy atom. The smallest absolute Gasteiger partial charge is 0.330 e. The lowest BCUT2D eigenvalue weighted by atomic mass is 10.1. The van der Waals surface area contributed by atoms with Crippen LogP contribution >= 0.6 is 0 Å². The van der Waals surface area contributed by atoms with Gasteiger partial charge in [0.2, 0.25) is 0 Å². The first kappa shape index (κ1) is 13.3. The molecule has 5 heteroatoms. The molecule has 1 saturated heterocycles. The monoisotopic (exact) mass is 276 g/mol. The van der Waals surface area contributed by atoms with E-state index in [1.165, 1.54) is 6.08 Å². The van der Waals surface area contributed by atoms with Crippen molar-refractivity contribution in [2.24, 2.45) is 0 Å². The van der Waals surface area contributed by atoms with Crippen molar-refractivity contribution in [1.82, 2.24) is 0 Å². The highest BCUT2D eigenvalue weighted by atomic mass is 16.6. The van der Waals surface area contributed by atoms with Gasteiger partial charge in [0, 0.05) is 6.08 Å². The van der Waals surface area contributed by atoms with Crippen LogP contribution in [0.25, 0.3) is 0 Å². The van der Waals surface area contributed by atoms with Crippen LogP contribution in [0.15, 0.2) is 42.5 Å². The fourth-order valence-electron chi connectivity index (χ4n) is 2.41. The zero-order valence-electron chi connectivity index (χ0n) is 10.8. The van der Waals surface area contributed by atoms with Gasteiger partial charge in [-0.05, 0) is 11.6 Å². The van der Waals surface area contributed by atoms with Gasteiger partial charge in [0.1, 0.15) is 18.3 Å². The van der Waals surface area contributed by atoms with Crippen molar-refractivity contribution in [2.75, 3.05) is 6.61 Å². The topological polar surface area (TPSA) is 65.0 Å². The molecule has 0 aliphatic carbocycles. The van der Waals surface area contributed by atoms with Crippen molar-refractivity contribution in [2.45, 2.75) is 31.0 Å². The molecule has 5 nitrogen and oxygen atoms in total. The molecule has 2 aliphatic heterocycles. The summed E-state index contributed by atoms with van der Waals surface area (Å²) in [7, 11) is 0. The van der Waals surface area contributed by atoms with E-state index in [4.69, 9.17) is 14.2 Å². The van der Waals surface area contributed by atoms with E-state index in [1.54, 1.807) is 6.08 Å². The van der Waals surface area contributed by atoms with Crippen LogP contribution in [0.4, 0.5) is 0 Å². The van der Waals surface area contributed by atoms with Gasteiger partial charge in [-0.1, -0.05) is 30.3 Å². The van der Waals surface area contributed by atoms with E-state index in [2.05, 4.69) is 0 Å². The number of aliphatic hydroxyl groups excluding tert-OH is 1. The molecule has 20 heavy (non-hydrogen) atoms. The van der Waals surface area contributed by atoms with E-state index < -0.39 is 24.3 Å². The molecule has 4 atom stereocenters. The van der Waals surface area contributed by atoms with Crippen molar-refractivity contribution in [1.29, 1.82) is 0 Å². The van der Waals surface area contributed by atoms with Crippen LogP contribution in [0.1, 0.15) is 5.56 Å². The zero-order valence-corrected chi connectivity index (χ0v) is 10.8. The lowest BCUT2D eigenvalue weighted by Gasteiger charge is -2.20. The van der Waals surface area contributed by atoms with Crippen LogP contribution in [0, 0.1) is 0 Å². The van der Waals surface area contributed by atoms with E-state index in [-0.39, 0.29) is 12.7 Å². The largest absolute Gasteiger partial charge is 0.453 e. The first-order chi connectivity index (χ1) is 9.74. The normalized spacial score (nSPS) is 31.9. The standard InChI is InChI=1S/C15H16O5/c16-13-7-6-11-15(20-13)14(17)12(19-11)9-18-8-10-4-2-1-3-5-10/h1-7,11-12,14-15,17H,8-9H2/t11-,12+,14-,15+/m0/s1. The molecule has 2 aliphatic rings. The minimum Gasteiger partial charge on any atom is -0.453 e. The highest BCUT2D eigenvalue weighted by molar-refractivity contribution is 5.83. The second-order valence-electron chi connectivity index (χ2n) is 4.89. The van der Waals surface area contributed by atoms with Gasteiger partial charge in [-0.25, -0.2) is 4.79 Å². The number of carbonyl (C=O) groups excluding carboxylic acids is 1. The molecule has 1 fully saturated rings. The van der Waals surface area contributed by atoms with Gasteiger partial charge >= 0.3 is 5.97 Å². The SMILES string of the molecule is O=C1C=C[C@@H]2O[C@H](COCc3ccccc3)[C@H](O)[C@@H]2O1. The summed E-state index contributed by atoms with van der Waals surface area (Å²) in [6.07, 6.45) is 0.595. The van der Waals surface area contributed by atoms with Gasteiger partial charge in [0.25, 0.3) is 0 Å². The summed E-state index contributed by atoms with van der Waals surface area (Å²) in [5, 5.41) is 10.1. The maximum Gasteiger partial charge on any atom is 0.330 e. The van der Waals surface area contributed by atoms with Gasteiger partial charge in [0.05, 0.1) is 13.2 Å². The maximum atomic E-state index is 11.2. The molecule has 1 N–H and O–H groups in total. The van der Waals surface area contributed by atoms with Gasteiger partial charge in [-0.2, -0.15) is 0 Å². The molecule has 2 heterocycles. The summed E-state index contributed by atoms with van der Waals surface area (Å²) in [6.45, 7) is 0.715. The lowest BCUT2D eigenvalue weighted by Crippen LogP contribution is -2.39. The highest BCUT2D eigenvalue weighted by Crippen LogP contribution is 2.28. The van der Waals surface area contributed by atoms with Crippen LogP contribution in [-0.2, 0) is 25.6 Å². The molecule has 3 rings (SSSR count). The van der Waals surface area contributed by atoms with Crippen molar-refractivity contribution >= 4 is 5.97 Å². The molecular formula is C15H16O5. The molecular weight excluding hydrogens is 260 g/mol. The fourth-order valence-corrected chi connectivity index (χ4v) is 2.41. The molecule has 0 unspecified atom stereocenters. The number of fused-ring (bicyclic) bond motifs is 1. The van der Waals surface area contributed by atoms with E-state index in [0.29, 0.717) is 6.61 Å². The Morgan fingerprint density at radius 2 is 2.05 bits per heavy atom. The number of hydrogen-bond acceptors (Lipinski definition) is 5. The third-order valence-corrected chi connectivity index (χ3v) is 3.44. The van der Waals surface area contributed by atoms with Crippen LogP contribution in [0.2, 0.25) is 0 Å². The molecule has 0 radical (unpaired) electrons. The first-order valence-corrected chi connectivity index (χ1v) is 6.58. The Hall–Kier alpha value is -1.69. The lowest BCUT2D eigenvalue weighted by molar-refractivity contribution is -0.150. The van der Waals surface area contributed by atoms with E-state index in [0.717, 1.165) is 5.56 Å². The quantitative estimate of drug-likeness (QED) is 0.825. The van der Waals surface area contributed by atoms with Gasteiger partial charge in [-0.3, -0.25) is 0 Å². The summed E-state index contributed by atoms with van der Waals surface area (Å²) in [5.74, 6) is -0.445. The summed E-state index contributed by atoms with van der Waals surface area (Å²) in [4.78, 5) is 11.2. The number of carbonyl (C=O) groups is 1. The van der Waals surface area contributed by atoms with Gasteiger partial charge in [0.15, 0.2) is 6.10 Å². The summed E-state index contributed by atoms with van der Waals surface area (Å²) >= 11 is 0. The summed E-state index contributed by atoms with van der Waals surface area (Å²) < 4.78 is 16.2. The summed E-state index contributed by atoms with van der Waals surface area (Å²) in [6, 6.07) is 9.77. The van der Waals surface area contributed by atoms with Crippen LogP contribution in [0.3, 0.4) is 0 Å². The Morgan fingerprint density at radius 1 is 1.25 bits per heavy atom. The number of benzene rings is 1. The van der Waals surface area contributed by atoms with Crippen molar-refractivity contribution < 1.29 is 24.1 Å². The molecule has 1 aromatic carbocycles. The molecule has 106 valence electrons. The number of aliphatic hydroxyl groups is 1. The van der Waals surface area contributed by atoms with Gasteiger partial charge in [-0.15, -0.1) is 0 Å². The minimum atomic E-state index is -0.857. The highest BCUT2D eigenvalue weighted by Gasteiger charge is 2.46. The molecule has 1 aromatic rings. The van der Waals surface area contributed by atoms with E-state index >= 15 is 0 Å². The predicted octanol–water partition coefficient (Wildman–Crippen LogP) is 0.813. The third kappa shape index (κ3) is 2.75. The fraction of sp³-hybridized carbons (Fsp3) is 0.400. The van der Waals surface area contributed by atoms with E-state index in [1.807, 2.05) is 30.3 Å². The molecule has 0 spiro atoms. The molecule has 0 amide bonds. The van der Waals surface area contributed by atoms with Crippen molar-refractivity contribution in [3.05, 3.63) is 48.0 Å². The summed E-state index contributed by atoms with van der Waals surface area (Å²) in [5.41, 5.74) is 1.06. The minimum absolute atomic E-state index is 0.258. The second-order valence-corrected chi connectivity index (χ2v) is 4.89.